The molecule has 0 saturated heterocycles. The number of carbonyl (C=O) groups excluding carboxylic acids is 1. The molecule has 0 aliphatic heterocycles. The molecule has 1 amide bonds. The maximum Gasteiger partial charge on any atom is 0.222 e. The van der Waals surface area contributed by atoms with Gasteiger partial charge in [0.25, 0.3) is 0 Å². The lowest BCUT2D eigenvalue weighted by molar-refractivity contribution is -0.123. The zero-order valence-corrected chi connectivity index (χ0v) is 13.6. The molecule has 2 atom stereocenters. The highest BCUT2D eigenvalue weighted by atomic mass is 35.5. The van der Waals surface area contributed by atoms with Crippen LogP contribution in [0.15, 0.2) is 24.3 Å². The molecule has 0 aliphatic rings. The van der Waals surface area contributed by atoms with E-state index in [4.69, 9.17) is 15.2 Å². The fourth-order valence-electron chi connectivity index (χ4n) is 1.76. The number of carbonyl (C=O) groups is 1. The van der Waals surface area contributed by atoms with Crippen molar-refractivity contribution in [2.45, 2.75) is 32.5 Å². The predicted octanol–water partition coefficient (Wildman–Crippen LogP) is 1.66. The SMILES string of the molecule is COC(CN)CC(=O)NCC(C)Oc1cccc(C)c1.Cl. The third-order valence-corrected chi connectivity index (χ3v) is 2.92. The number of halogens is 1. The summed E-state index contributed by atoms with van der Waals surface area (Å²) in [6.07, 6.45) is -0.0629. The molecule has 0 aliphatic carbocycles. The van der Waals surface area contributed by atoms with E-state index in [2.05, 4.69) is 5.32 Å². The van der Waals surface area contributed by atoms with Crippen LogP contribution in [0, 0.1) is 6.92 Å². The molecule has 2 unspecified atom stereocenters. The van der Waals surface area contributed by atoms with Crippen LogP contribution in [-0.2, 0) is 9.53 Å². The Labute approximate surface area is 132 Å². The molecule has 1 aromatic rings. The van der Waals surface area contributed by atoms with E-state index in [0.717, 1.165) is 11.3 Å². The quantitative estimate of drug-likeness (QED) is 0.765. The second-order valence-electron chi connectivity index (χ2n) is 4.85. The van der Waals surface area contributed by atoms with Crippen LogP contribution >= 0.6 is 12.4 Å². The average molecular weight is 317 g/mol. The lowest BCUT2D eigenvalue weighted by Gasteiger charge is -2.17. The van der Waals surface area contributed by atoms with Crippen molar-refractivity contribution in [2.24, 2.45) is 5.73 Å². The lowest BCUT2D eigenvalue weighted by atomic mass is 10.2. The van der Waals surface area contributed by atoms with E-state index < -0.39 is 0 Å². The van der Waals surface area contributed by atoms with Crippen LogP contribution in [0.2, 0.25) is 0 Å². The highest BCUT2D eigenvalue weighted by Crippen LogP contribution is 2.13. The highest BCUT2D eigenvalue weighted by molar-refractivity contribution is 5.85. The van der Waals surface area contributed by atoms with Gasteiger partial charge < -0.3 is 20.5 Å². The van der Waals surface area contributed by atoms with Gasteiger partial charge in [-0.15, -0.1) is 12.4 Å². The number of rotatable bonds is 8. The summed E-state index contributed by atoms with van der Waals surface area (Å²) < 4.78 is 10.8. The summed E-state index contributed by atoms with van der Waals surface area (Å²) in [6, 6.07) is 7.83. The van der Waals surface area contributed by atoms with Gasteiger partial charge in [0, 0.05) is 13.7 Å². The Bertz CT molecular complexity index is 425. The van der Waals surface area contributed by atoms with E-state index in [0.29, 0.717) is 13.1 Å². The van der Waals surface area contributed by atoms with Crippen molar-refractivity contribution in [3.63, 3.8) is 0 Å². The fraction of sp³-hybridized carbons (Fsp3) is 0.533. The first-order valence-corrected chi connectivity index (χ1v) is 6.78. The van der Waals surface area contributed by atoms with Crippen LogP contribution < -0.4 is 15.8 Å². The van der Waals surface area contributed by atoms with Gasteiger partial charge in [-0.25, -0.2) is 0 Å². The van der Waals surface area contributed by atoms with Crippen molar-refractivity contribution in [3.8, 4) is 5.75 Å². The molecule has 0 radical (unpaired) electrons. The molecular weight excluding hydrogens is 292 g/mol. The number of benzene rings is 1. The van der Waals surface area contributed by atoms with Crippen molar-refractivity contribution in [1.29, 1.82) is 0 Å². The van der Waals surface area contributed by atoms with Crippen molar-refractivity contribution in [3.05, 3.63) is 29.8 Å². The van der Waals surface area contributed by atoms with E-state index in [1.54, 1.807) is 7.11 Å². The summed E-state index contributed by atoms with van der Waals surface area (Å²) in [4.78, 5) is 11.7. The van der Waals surface area contributed by atoms with Crippen LogP contribution in [0.1, 0.15) is 18.9 Å². The van der Waals surface area contributed by atoms with Crippen LogP contribution in [0.25, 0.3) is 0 Å². The van der Waals surface area contributed by atoms with Crippen LogP contribution in [-0.4, -0.2) is 38.3 Å². The number of amides is 1. The molecule has 0 saturated carbocycles. The van der Waals surface area contributed by atoms with Crippen molar-refractivity contribution >= 4 is 18.3 Å². The molecule has 21 heavy (non-hydrogen) atoms. The zero-order chi connectivity index (χ0) is 15.0. The molecule has 0 aromatic heterocycles. The third-order valence-electron chi connectivity index (χ3n) is 2.92. The van der Waals surface area contributed by atoms with Crippen molar-refractivity contribution in [2.75, 3.05) is 20.2 Å². The summed E-state index contributed by atoms with van der Waals surface area (Å²) in [5.74, 6) is 0.727. The molecule has 3 N–H and O–H groups in total. The van der Waals surface area contributed by atoms with E-state index >= 15 is 0 Å². The van der Waals surface area contributed by atoms with Crippen LogP contribution in [0.5, 0.6) is 5.75 Å². The molecule has 0 spiro atoms. The Hall–Kier alpha value is -1.30. The summed E-state index contributed by atoms with van der Waals surface area (Å²) in [6.45, 7) is 4.71. The standard InChI is InChI=1S/C15H24N2O3.ClH/c1-11-5-4-6-13(7-11)20-12(2)10-17-15(18)8-14(9-16)19-3;/h4-7,12,14H,8-10,16H2,1-3H3,(H,17,18);1H. The Morgan fingerprint density at radius 2 is 2.14 bits per heavy atom. The van der Waals surface area contributed by atoms with Gasteiger partial charge in [-0.1, -0.05) is 12.1 Å². The normalized spacial score (nSPS) is 13.0. The Kier molecular flexibility index (Phi) is 9.78. The Morgan fingerprint density at radius 1 is 1.43 bits per heavy atom. The minimum absolute atomic E-state index is 0. The lowest BCUT2D eigenvalue weighted by Crippen LogP contribution is -2.37. The van der Waals surface area contributed by atoms with Gasteiger partial charge in [-0.05, 0) is 31.5 Å². The van der Waals surface area contributed by atoms with Gasteiger partial charge in [-0.2, -0.15) is 0 Å². The molecule has 0 heterocycles. The molecular formula is C15H25ClN2O3. The maximum atomic E-state index is 11.7. The molecule has 0 bridgehead atoms. The largest absolute Gasteiger partial charge is 0.489 e. The van der Waals surface area contributed by atoms with E-state index in [-0.39, 0.29) is 36.9 Å². The average Bonchev–Trinajstić information content (AvgIpc) is 2.42. The zero-order valence-electron chi connectivity index (χ0n) is 12.8. The number of methoxy groups -OCH3 is 1. The molecule has 5 nitrogen and oxygen atoms in total. The second kappa shape index (κ2) is 10.4. The van der Waals surface area contributed by atoms with Crippen molar-refractivity contribution in [1.82, 2.24) is 5.32 Å². The first-order valence-electron chi connectivity index (χ1n) is 6.78. The first-order chi connectivity index (χ1) is 9.55. The van der Waals surface area contributed by atoms with Gasteiger partial charge in [0.1, 0.15) is 11.9 Å². The van der Waals surface area contributed by atoms with Gasteiger partial charge in [0.15, 0.2) is 0 Å². The third kappa shape index (κ3) is 7.90. The smallest absolute Gasteiger partial charge is 0.222 e. The van der Waals surface area contributed by atoms with E-state index in [1.165, 1.54) is 0 Å². The van der Waals surface area contributed by atoms with E-state index in [9.17, 15) is 4.79 Å². The highest BCUT2D eigenvalue weighted by Gasteiger charge is 2.12. The summed E-state index contributed by atoms with van der Waals surface area (Å²) >= 11 is 0. The minimum Gasteiger partial charge on any atom is -0.489 e. The number of aryl methyl sites for hydroxylation is 1. The summed E-state index contributed by atoms with van der Waals surface area (Å²) in [5, 5.41) is 2.82. The Balaban J connectivity index is 0.00000400. The van der Waals surface area contributed by atoms with E-state index in [1.807, 2.05) is 38.1 Å². The molecule has 120 valence electrons. The number of hydrogen-bond donors (Lipinski definition) is 2. The van der Waals surface area contributed by atoms with Crippen LogP contribution in [0.4, 0.5) is 0 Å². The van der Waals surface area contributed by atoms with Gasteiger partial charge in [-0.3, -0.25) is 4.79 Å². The topological polar surface area (TPSA) is 73.6 Å². The number of ether oxygens (including phenoxy) is 2. The summed E-state index contributed by atoms with van der Waals surface area (Å²) in [5.41, 5.74) is 6.62. The number of nitrogens with two attached hydrogens (primary N) is 1. The fourth-order valence-corrected chi connectivity index (χ4v) is 1.76. The van der Waals surface area contributed by atoms with Crippen molar-refractivity contribution < 1.29 is 14.3 Å². The van der Waals surface area contributed by atoms with Gasteiger partial charge >= 0.3 is 0 Å². The van der Waals surface area contributed by atoms with Gasteiger partial charge in [0.2, 0.25) is 5.91 Å². The molecule has 6 heteroatoms. The predicted molar refractivity (Wildman–Crippen MR) is 86.0 cm³/mol. The maximum absolute atomic E-state index is 11.7. The summed E-state index contributed by atoms with van der Waals surface area (Å²) in [7, 11) is 1.55. The monoisotopic (exact) mass is 316 g/mol. The second-order valence-corrected chi connectivity index (χ2v) is 4.85. The number of nitrogens with one attached hydrogen (secondary N) is 1. The number of hydrogen-bond acceptors (Lipinski definition) is 4. The Morgan fingerprint density at radius 3 is 2.71 bits per heavy atom. The molecule has 0 fully saturated rings. The van der Waals surface area contributed by atoms with Gasteiger partial charge in [0.05, 0.1) is 19.1 Å². The molecule has 1 rings (SSSR count). The minimum atomic E-state index is -0.233. The first kappa shape index (κ1) is 19.7. The molecule has 1 aromatic carbocycles. The van der Waals surface area contributed by atoms with Crippen LogP contribution in [0.3, 0.4) is 0 Å².